The van der Waals surface area contributed by atoms with Crippen LogP contribution in [0.15, 0.2) is 17.1 Å². The van der Waals surface area contributed by atoms with E-state index in [1.165, 1.54) is 10.6 Å². The molecule has 2 aliphatic rings. The largest absolute Gasteiger partial charge is 0.393 e. The lowest BCUT2D eigenvalue weighted by atomic mass is 10.1. The van der Waals surface area contributed by atoms with Crippen molar-refractivity contribution in [2.75, 3.05) is 24.7 Å². The summed E-state index contributed by atoms with van der Waals surface area (Å²) < 4.78 is 26.5. The van der Waals surface area contributed by atoms with Crippen molar-refractivity contribution in [3.05, 3.63) is 28.2 Å². The van der Waals surface area contributed by atoms with E-state index < -0.39 is 10.0 Å². The summed E-state index contributed by atoms with van der Waals surface area (Å²) in [6, 6.07) is 1.80. The zero-order valence-electron chi connectivity index (χ0n) is 16.7. The second-order valence-electron chi connectivity index (χ2n) is 8.18. The van der Waals surface area contributed by atoms with Gasteiger partial charge in [-0.3, -0.25) is 9.36 Å². The van der Waals surface area contributed by atoms with Crippen molar-refractivity contribution in [3.63, 3.8) is 0 Å². The van der Waals surface area contributed by atoms with Crippen LogP contribution in [0.4, 0.5) is 5.95 Å². The molecule has 29 heavy (non-hydrogen) atoms. The van der Waals surface area contributed by atoms with Gasteiger partial charge < -0.3 is 10.4 Å². The smallest absolute Gasteiger partial charge is 0.255 e. The van der Waals surface area contributed by atoms with Crippen molar-refractivity contribution in [2.24, 2.45) is 0 Å². The molecule has 158 valence electrons. The fourth-order valence-corrected chi connectivity index (χ4v) is 5.22. The summed E-state index contributed by atoms with van der Waals surface area (Å²) in [5, 5.41) is 14.0. The number of nitrogens with zero attached hydrogens (tertiary/aromatic N) is 4. The van der Waals surface area contributed by atoms with Crippen LogP contribution >= 0.6 is 0 Å². The van der Waals surface area contributed by atoms with Gasteiger partial charge in [0.15, 0.2) is 0 Å². The number of sulfonamides is 1. The number of aliphatic hydroxyl groups excluding tert-OH is 1. The zero-order valence-corrected chi connectivity index (χ0v) is 17.5. The predicted molar refractivity (Wildman–Crippen MR) is 110 cm³/mol. The van der Waals surface area contributed by atoms with Gasteiger partial charge in [-0.25, -0.2) is 17.7 Å². The van der Waals surface area contributed by atoms with Crippen molar-refractivity contribution in [1.82, 2.24) is 18.8 Å². The van der Waals surface area contributed by atoms with E-state index in [2.05, 4.69) is 15.3 Å². The third-order valence-electron chi connectivity index (χ3n) is 5.95. The van der Waals surface area contributed by atoms with E-state index in [1.807, 2.05) is 0 Å². The highest BCUT2D eigenvalue weighted by Gasteiger charge is 2.28. The predicted octanol–water partition coefficient (Wildman–Crippen LogP) is 1.02. The van der Waals surface area contributed by atoms with Gasteiger partial charge in [-0.2, -0.15) is 4.98 Å². The van der Waals surface area contributed by atoms with Crippen molar-refractivity contribution in [2.45, 2.75) is 57.2 Å². The number of nitrogens with one attached hydrogen (secondary N) is 1. The quantitative estimate of drug-likeness (QED) is 0.757. The number of anilines is 1. The Morgan fingerprint density at radius 3 is 2.55 bits per heavy atom. The Kier molecular flexibility index (Phi) is 5.34. The molecule has 2 atom stereocenters. The molecule has 10 heteroatoms. The van der Waals surface area contributed by atoms with Crippen molar-refractivity contribution in [1.29, 1.82) is 0 Å². The van der Waals surface area contributed by atoms with Crippen molar-refractivity contribution in [3.8, 4) is 0 Å². The number of hydrogen-bond donors (Lipinski definition) is 2. The maximum Gasteiger partial charge on any atom is 0.255 e. The molecule has 2 N–H and O–H groups in total. The van der Waals surface area contributed by atoms with E-state index >= 15 is 0 Å². The van der Waals surface area contributed by atoms with Crippen LogP contribution in [-0.2, 0) is 10.0 Å². The molecular formula is C19H27N5O4S. The van der Waals surface area contributed by atoms with Gasteiger partial charge in [0.25, 0.3) is 5.56 Å². The summed E-state index contributed by atoms with van der Waals surface area (Å²) in [5.41, 5.74) is 1.13. The number of fused-ring (bicyclic) bond motifs is 1. The molecule has 1 saturated carbocycles. The Balaban J connectivity index is 1.61. The van der Waals surface area contributed by atoms with E-state index in [-0.39, 0.29) is 23.7 Å². The number of piperidine rings is 1. The summed E-state index contributed by atoms with van der Waals surface area (Å²) in [4.78, 5) is 21.9. The molecule has 0 aromatic carbocycles. The minimum atomic E-state index is -3.16. The Morgan fingerprint density at radius 1 is 1.21 bits per heavy atom. The molecule has 2 aromatic heterocycles. The van der Waals surface area contributed by atoms with E-state index in [4.69, 9.17) is 0 Å². The van der Waals surface area contributed by atoms with Crippen molar-refractivity contribution >= 4 is 27.0 Å². The maximum atomic E-state index is 12.8. The molecule has 0 radical (unpaired) electrons. The molecule has 2 aromatic rings. The number of aryl methyl sites for hydroxylation is 1. The van der Waals surface area contributed by atoms with Crippen LogP contribution in [0.2, 0.25) is 0 Å². The van der Waals surface area contributed by atoms with Gasteiger partial charge in [-0.05, 0) is 45.1 Å². The lowest BCUT2D eigenvalue weighted by Crippen LogP contribution is -2.42. The van der Waals surface area contributed by atoms with Gasteiger partial charge in [0.1, 0.15) is 5.65 Å². The van der Waals surface area contributed by atoms with Gasteiger partial charge in [0.2, 0.25) is 16.0 Å². The highest BCUT2D eigenvalue weighted by atomic mass is 32.2. The molecule has 3 heterocycles. The van der Waals surface area contributed by atoms with Gasteiger partial charge in [-0.1, -0.05) is 0 Å². The average molecular weight is 422 g/mol. The van der Waals surface area contributed by atoms with E-state index in [0.29, 0.717) is 55.9 Å². The Morgan fingerprint density at radius 2 is 1.93 bits per heavy atom. The minimum Gasteiger partial charge on any atom is -0.393 e. The first-order valence-electron chi connectivity index (χ1n) is 10.0. The fourth-order valence-electron chi connectivity index (χ4n) is 4.35. The molecule has 4 rings (SSSR count). The van der Waals surface area contributed by atoms with Crippen LogP contribution in [0, 0.1) is 6.92 Å². The lowest BCUT2D eigenvalue weighted by Gasteiger charge is -2.30. The summed E-state index contributed by atoms with van der Waals surface area (Å²) >= 11 is 0. The number of aromatic nitrogens is 3. The standard InChI is InChI=1S/C19H27N5O4S/c1-12-9-13-11-20-19(21-14-5-7-23(8-6-14)29(2,27)28)22-17(13)24(18(12)26)15-3-4-16(25)10-15/h9,11,14-16,25H,3-8,10H2,1-2H3,(H,20,21,22). The molecule has 1 aliphatic heterocycles. The monoisotopic (exact) mass is 421 g/mol. The van der Waals surface area contributed by atoms with Crippen molar-refractivity contribution < 1.29 is 13.5 Å². The Bertz CT molecular complexity index is 1080. The summed E-state index contributed by atoms with van der Waals surface area (Å²) in [6.07, 6.45) is 5.88. The van der Waals surface area contributed by atoms with Gasteiger partial charge in [-0.15, -0.1) is 0 Å². The third kappa shape index (κ3) is 4.15. The average Bonchev–Trinajstić information content (AvgIpc) is 3.09. The molecule has 9 nitrogen and oxygen atoms in total. The van der Waals surface area contributed by atoms with E-state index in [9.17, 15) is 18.3 Å². The lowest BCUT2D eigenvalue weighted by molar-refractivity contribution is 0.178. The molecule has 0 amide bonds. The zero-order chi connectivity index (χ0) is 20.8. The molecule has 0 spiro atoms. The van der Waals surface area contributed by atoms with Gasteiger partial charge in [0.05, 0.1) is 12.4 Å². The highest BCUT2D eigenvalue weighted by Crippen LogP contribution is 2.31. The molecule has 2 unspecified atom stereocenters. The second-order valence-corrected chi connectivity index (χ2v) is 10.2. The number of pyridine rings is 1. The van der Waals surface area contributed by atoms with Crippen LogP contribution in [-0.4, -0.2) is 63.9 Å². The van der Waals surface area contributed by atoms with E-state index in [0.717, 1.165) is 11.8 Å². The number of hydrogen-bond acceptors (Lipinski definition) is 7. The normalized spacial score (nSPS) is 24.2. The molecule has 1 aliphatic carbocycles. The molecule has 0 bridgehead atoms. The molecule has 2 fully saturated rings. The summed E-state index contributed by atoms with van der Waals surface area (Å²) in [6.45, 7) is 2.72. The van der Waals surface area contributed by atoms with E-state index in [1.54, 1.807) is 23.8 Å². The van der Waals surface area contributed by atoms with Crippen LogP contribution < -0.4 is 10.9 Å². The first-order valence-corrected chi connectivity index (χ1v) is 11.9. The SMILES string of the molecule is Cc1cc2cnc(NC3CCN(S(C)(=O)=O)CC3)nc2n(C2CCC(O)C2)c1=O. The van der Waals surface area contributed by atoms with Crippen LogP contribution in [0.3, 0.4) is 0 Å². The Hall–Kier alpha value is -2.04. The maximum absolute atomic E-state index is 12.8. The van der Waals surface area contributed by atoms with Crippen LogP contribution in [0.5, 0.6) is 0 Å². The van der Waals surface area contributed by atoms with Crippen LogP contribution in [0.1, 0.15) is 43.7 Å². The third-order valence-corrected chi connectivity index (χ3v) is 7.25. The first-order chi connectivity index (χ1) is 13.7. The van der Waals surface area contributed by atoms with Crippen LogP contribution in [0.25, 0.3) is 11.0 Å². The minimum absolute atomic E-state index is 0.0688. The molecular weight excluding hydrogens is 394 g/mol. The second kappa shape index (κ2) is 7.66. The fraction of sp³-hybridized carbons (Fsp3) is 0.632. The summed E-state index contributed by atoms with van der Waals surface area (Å²) in [7, 11) is -3.16. The summed E-state index contributed by atoms with van der Waals surface area (Å²) in [5.74, 6) is 0.436. The number of rotatable bonds is 4. The molecule has 1 saturated heterocycles. The highest BCUT2D eigenvalue weighted by molar-refractivity contribution is 7.88. The Labute approximate surface area is 169 Å². The van der Waals surface area contributed by atoms with Gasteiger partial charge in [0, 0.05) is 42.3 Å². The first kappa shape index (κ1) is 20.2. The topological polar surface area (TPSA) is 117 Å². The number of aliphatic hydroxyl groups is 1. The van der Waals surface area contributed by atoms with Gasteiger partial charge >= 0.3 is 0 Å².